The number of benzene rings is 1. The molecular formula is C19H19N5OS2. The van der Waals surface area contributed by atoms with Gasteiger partial charge in [0.15, 0.2) is 5.82 Å². The summed E-state index contributed by atoms with van der Waals surface area (Å²) in [6, 6.07) is 12.0. The van der Waals surface area contributed by atoms with E-state index in [2.05, 4.69) is 27.3 Å². The third-order valence-electron chi connectivity index (χ3n) is 3.81. The van der Waals surface area contributed by atoms with Crippen LogP contribution in [-0.2, 0) is 4.79 Å². The first-order valence-corrected chi connectivity index (χ1v) is 10.3. The van der Waals surface area contributed by atoms with E-state index in [0.29, 0.717) is 17.5 Å². The Labute approximate surface area is 166 Å². The second-order valence-corrected chi connectivity index (χ2v) is 7.92. The van der Waals surface area contributed by atoms with Gasteiger partial charge in [-0.3, -0.25) is 9.89 Å². The summed E-state index contributed by atoms with van der Waals surface area (Å²) in [5.41, 5.74) is 2.99. The van der Waals surface area contributed by atoms with Gasteiger partial charge >= 0.3 is 0 Å². The standard InChI is InChI=1S/C19H19N5OS2/c1-13-9-14(2)11-15(10-13)24(7-4-6-20)17(25)12-27-19-21-18(22-23-19)16-5-3-8-26-16/h3,5,8-11H,4,7,12H2,1-2H3,(H,21,22,23). The van der Waals surface area contributed by atoms with Gasteiger partial charge in [0.25, 0.3) is 0 Å². The van der Waals surface area contributed by atoms with Crippen LogP contribution < -0.4 is 4.90 Å². The number of carbonyl (C=O) groups is 1. The summed E-state index contributed by atoms with van der Waals surface area (Å²) in [4.78, 5) is 19.9. The van der Waals surface area contributed by atoms with E-state index in [9.17, 15) is 4.79 Å². The highest BCUT2D eigenvalue weighted by Gasteiger charge is 2.18. The molecule has 0 spiro atoms. The average Bonchev–Trinajstić information content (AvgIpc) is 3.31. The molecule has 0 saturated carbocycles. The minimum atomic E-state index is -0.0669. The van der Waals surface area contributed by atoms with Gasteiger partial charge in [0.1, 0.15) is 0 Å². The Bertz CT molecular complexity index is 939. The average molecular weight is 398 g/mol. The summed E-state index contributed by atoms with van der Waals surface area (Å²) < 4.78 is 0. The van der Waals surface area contributed by atoms with Gasteiger partial charge in [-0.2, -0.15) is 5.26 Å². The molecule has 27 heavy (non-hydrogen) atoms. The van der Waals surface area contributed by atoms with Crippen molar-refractivity contribution in [1.29, 1.82) is 5.26 Å². The van der Waals surface area contributed by atoms with Gasteiger partial charge in [0.2, 0.25) is 11.1 Å². The Morgan fingerprint density at radius 1 is 1.33 bits per heavy atom. The van der Waals surface area contributed by atoms with Crippen LogP contribution in [0.15, 0.2) is 40.9 Å². The molecule has 0 bridgehead atoms. The predicted molar refractivity (Wildman–Crippen MR) is 109 cm³/mol. The Morgan fingerprint density at radius 3 is 2.78 bits per heavy atom. The summed E-state index contributed by atoms with van der Waals surface area (Å²) in [7, 11) is 0. The quantitative estimate of drug-likeness (QED) is 0.604. The van der Waals surface area contributed by atoms with Gasteiger partial charge in [0, 0.05) is 12.2 Å². The van der Waals surface area contributed by atoms with E-state index in [1.165, 1.54) is 11.8 Å². The van der Waals surface area contributed by atoms with E-state index in [0.717, 1.165) is 21.7 Å². The smallest absolute Gasteiger partial charge is 0.237 e. The Kier molecular flexibility index (Phi) is 6.27. The molecule has 138 valence electrons. The number of amides is 1. The summed E-state index contributed by atoms with van der Waals surface area (Å²) in [6.07, 6.45) is 0.284. The highest BCUT2D eigenvalue weighted by Crippen LogP contribution is 2.24. The van der Waals surface area contributed by atoms with Crippen LogP contribution in [0.1, 0.15) is 17.5 Å². The van der Waals surface area contributed by atoms with Crippen molar-refractivity contribution >= 4 is 34.7 Å². The van der Waals surface area contributed by atoms with Crippen LogP contribution in [0.25, 0.3) is 10.7 Å². The van der Waals surface area contributed by atoms with Crippen LogP contribution in [0, 0.1) is 25.2 Å². The first-order chi connectivity index (χ1) is 13.1. The van der Waals surface area contributed by atoms with Crippen LogP contribution in [0.2, 0.25) is 0 Å². The fourth-order valence-corrected chi connectivity index (χ4v) is 4.04. The highest BCUT2D eigenvalue weighted by atomic mass is 32.2. The number of nitriles is 1. The lowest BCUT2D eigenvalue weighted by Gasteiger charge is -2.22. The van der Waals surface area contributed by atoms with E-state index < -0.39 is 0 Å². The van der Waals surface area contributed by atoms with Gasteiger partial charge < -0.3 is 4.90 Å². The van der Waals surface area contributed by atoms with E-state index in [1.54, 1.807) is 16.2 Å². The van der Waals surface area contributed by atoms with Crippen molar-refractivity contribution in [3.8, 4) is 16.8 Å². The van der Waals surface area contributed by atoms with Crippen molar-refractivity contribution in [3.63, 3.8) is 0 Å². The van der Waals surface area contributed by atoms with Crippen LogP contribution in [0.3, 0.4) is 0 Å². The van der Waals surface area contributed by atoms with Gasteiger partial charge in [-0.1, -0.05) is 23.9 Å². The highest BCUT2D eigenvalue weighted by molar-refractivity contribution is 7.99. The molecule has 0 radical (unpaired) electrons. The van der Waals surface area contributed by atoms with Gasteiger partial charge in [0.05, 0.1) is 23.1 Å². The summed E-state index contributed by atoms with van der Waals surface area (Å²) in [5, 5.41) is 18.5. The second-order valence-electron chi connectivity index (χ2n) is 6.03. The molecule has 0 unspecified atom stereocenters. The number of thiophene rings is 1. The Balaban J connectivity index is 1.70. The maximum Gasteiger partial charge on any atom is 0.237 e. The fraction of sp³-hybridized carbons (Fsp3) is 0.263. The minimum absolute atomic E-state index is 0.0669. The van der Waals surface area contributed by atoms with Gasteiger partial charge in [-0.15, -0.1) is 16.4 Å². The maximum atomic E-state index is 12.8. The number of rotatable bonds is 7. The number of thioether (sulfide) groups is 1. The number of carbonyl (C=O) groups excluding carboxylic acids is 1. The van der Waals surface area contributed by atoms with Gasteiger partial charge in [-0.05, 0) is 48.6 Å². The summed E-state index contributed by atoms with van der Waals surface area (Å²) in [6.45, 7) is 4.36. The second kappa shape index (κ2) is 8.84. The predicted octanol–water partition coefficient (Wildman–Crippen LogP) is 4.19. The minimum Gasteiger partial charge on any atom is -0.311 e. The Hall–Kier alpha value is -2.63. The lowest BCUT2D eigenvalue weighted by molar-refractivity contribution is -0.116. The molecule has 2 heterocycles. The number of H-pyrrole nitrogens is 1. The summed E-state index contributed by atoms with van der Waals surface area (Å²) >= 11 is 2.87. The van der Waals surface area contributed by atoms with E-state index in [-0.39, 0.29) is 18.1 Å². The Morgan fingerprint density at radius 2 is 2.11 bits per heavy atom. The van der Waals surface area contributed by atoms with Crippen LogP contribution >= 0.6 is 23.1 Å². The molecule has 1 aromatic carbocycles. The molecule has 0 aliphatic heterocycles. The number of aromatic amines is 1. The monoisotopic (exact) mass is 397 g/mol. The number of aryl methyl sites for hydroxylation is 2. The van der Waals surface area contributed by atoms with E-state index in [4.69, 9.17) is 5.26 Å². The van der Waals surface area contributed by atoms with Crippen molar-refractivity contribution in [3.05, 3.63) is 46.8 Å². The zero-order valence-corrected chi connectivity index (χ0v) is 16.7. The number of hydrogen-bond donors (Lipinski definition) is 1. The number of anilines is 1. The molecule has 3 aromatic rings. The number of nitrogens with zero attached hydrogens (tertiary/aromatic N) is 4. The van der Waals surface area contributed by atoms with E-state index >= 15 is 0 Å². The SMILES string of the molecule is Cc1cc(C)cc(N(CCC#N)C(=O)CSc2n[nH]c(-c3cccs3)n2)c1. The first kappa shape index (κ1) is 19.1. The van der Waals surface area contributed by atoms with Crippen molar-refractivity contribution in [2.24, 2.45) is 0 Å². The molecular weight excluding hydrogens is 378 g/mol. The molecule has 0 atom stereocenters. The molecule has 3 rings (SSSR count). The zero-order valence-electron chi connectivity index (χ0n) is 15.1. The van der Waals surface area contributed by atoms with Crippen LogP contribution in [-0.4, -0.2) is 33.4 Å². The third-order valence-corrected chi connectivity index (χ3v) is 5.52. The van der Waals surface area contributed by atoms with Crippen LogP contribution in [0.4, 0.5) is 5.69 Å². The topological polar surface area (TPSA) is 85.7 Å². The molecule has 2 aromatic heterocycles. The molecule has 1 N–H and O–H groups in total. The lowest BCUT2D eigenvalue weighted by atomic mass is 10.1. The number of hydrogen-bond acceptors (Lipinski definition) is 6. The first-order valence-electron chi connectivity index (χ1n) is 8.41. The summed E-state index contributed by atoms with van der Waals surface area (Å²) in [5.74, 6) is 0.846. The fourth-order valence-electron chi connectivity index (χ4n) is 2.70. The molecule has 8 heteroatoms. The van der Waals surface area contributed by atoms with Crippen molar-refractivity contribution in [1.82, 2.24) is 15.2 Å². The molecule has 1 amide bonds. The van der Waals surface area contributed by atoms with Crippen molar-refractivity contribution < 1.29 is 4.79 Å². The maximum absolute atomic E-state index is 12.8. The van der Waals surface area contributed by atoms with Crippen molar-refractivity contribution in [2.45, 2.75) is 25.4 Å². The number of aromatic nitrogens is 3. The van der Waals surface area contributed by atoms with Crippen molar-refractivity contribution in [2.75, 3.05) is 17.2 Å². The van der Waals surface area contributed by atoms with Gasteiger partial charge in [-0.25, -0.2) is 4.98 Å². The van der Waals surface area contributed by atoms with Crippen LogP contribution in [0.5, 0.6) is 0 Å². The third kappa shape index (κ3) is 4.96. The molecule has 0 aliphatic carbocycles. The zero-order chi connectivity index (χ0) is 19.2. The number of nitrogens with one attached hydrogen (secondary N) is 1. The molecule has 0 saturated heterocycles. The molecule has 0 aliphatic rings. The van der Waals surface area contributed by atoms with E-state index in [1.807, 2.05) is 43.5 Å². The lowest BCUT2D eigenvalue weighted by Crippen LogP contribution is -2.33. The molecule has 6 nitrogen and oxygen atoms in total. The molecule has 0 fully saturated rings. The normalized spacial score (nSPS) is 10.6. The largest absolute Gasteiger partial charge is 0.311 e.